The Morgan fingerprint density at radius 1 is 1.42 bits per heavy atom. The van der Waals surface area contributed by atoms with Crippen molar-refractivity contribution >= 4 is 34.4 Å². The zero-order valence-electron chi connectivity index (χ0n) is 15.3. The number of likely N-dealkylation sites (tertiary alicyclic amines) is 1. The number of nitrogens with zero attached hydrogens (tertiary/aromatic N) is 2. The fourth-order valence-electron chi connectivity index (χ4n) is 3.23. The van der Waals surface area contributed by atoms with Crippen molar-refractivity contribution in [1.29, 1.82) is 0 Å². The molecule has 1 amide bonds. The zero-order chi connectivity index (χ0) is 18.7. The maximum atomic E-state index is 12.2. The second-order valence-corrected chi connectivity index (χ2v) is 8.49. The Balaban J connectivity index is 1.69. The van der Waals surface area contributed by atoms with Crippen molar-refractivity contribution < 1.29 is 18.7 Å². The van der Waals surface area contributed by atoms with Gasteiger partial charge in [0.2, 0.25) is 0 Å². The van der Waals surface area contributed by atoms with Gasteiger partial charge in [0.25, 0.3) is 0 Å². The third-order valence-electron chi connectivity index (χ3n) is 4.44. The van der Waals surface area contributed by atoms with Crippen molar-refractivity contribution in [2.45, 2.75) is 44.5 Å². The van der Waals surface area contributed by atoms with E-state index < -0.39 is 5.60 Å². The number of hydrogen-bond acceptors (Lipinski definition) is 6. The monoisotopic (exact) mass is 376 g/mol. The highest BCUT2D eigenvalue weighted by Crippen LogP contribution is 2.42. The Bertz CT molecular complexity index is 742. The smallest absolute Gasteiger partial charge is 0.410 e. The van der Waals surface area contributed by atoms with E-state index in [1.54, 1.807) is 17.3 Å². The predicted octanol–water partition coefficient (Wildman–Crippen LogP) is 4.44. The standard InChI is InChI=1S/C19H24N2O4S/c1-19(2,3)25-18(23)21-8-5-13(6-9-21)17(26-12-22)16-10-14-11-20-7-4-15(14)24-16/h4,7,10-13,17H,5-6,8-9H2,1-3H3. The first-order valence-electron chi connectivity index (χ1n) is 8.78. The molecular formula is C19H24N2O4S. The number of hydrogen-bond donors (Lipinski definition) is 0. The van der Waals surface area contributed by atoms with Gasteiger partial charge in [0, 0.05) is 30.9 Å². The van der Waals surface area contributed by atoms with Crippen molar-refractivity contribution in [3.63, 3.8) is 0 Å². The molecule has 1 aliphatic rings. The van der Waals surface area contributed by atoms with Crippen molar-refractivity contribution in [3.8, 4) is 0 Å². The van der Waals surface area contributed by atoms with Gasteiger partial charge in [0.1, 0.15) is 16.9 Å². The number of furan rings is 1. The molecule has 2 aromatic rings. The molecule has 0 spiro atoms. The summed E-state index contributed by atoms with van der Waals surface area (Å²) >= 11 is 1.24. The molecule has 3 rings (SSSR count). The van der Waals surface area contributed by atoms with Crippen molar-refractivity contribution in [2.24, 2.45) is 5.92 Å². The van der Waals surface area contributed by atoms with Gasteiger partial charge in [-0.15, -0.1) is 0 Å². The van der Waals surface area contributed by atoms with Crippen LogP contribution in [0.2, 0.25) is 0 Å². The minimum absolute atomic E-state index is 0.0549. The summed E-state index contributed by atoms with van der Waals surface area (Å²) in [6.45, 7) is 6.84. The molecule has 0 saturated carbocycles. The molecule has 1 atom stereocenters. The molecule has 2 aromatic heterocycles. The minimum Gasteiger partial charge on any atom is -0.460 e. The van der Waals surface area contributed by atoms with E-state index in [4.69, 9.17) is 9.15 Å². The lowest BCUT2D eigenvalue weighted by atomic mass is 9.92. The molecule has 1 aliphatic heterocycles. The fraction of sp³-hybridized carbons (Fsp3) is 0.526. The first kappa shape index (κ1) is 18.8. The number of piperidine rings is 1. The van der Waals surface area contributed by atoms with Gasteiger partial charge < -0.3 is 14.1 Å². The van der Waals surface area contributed by atoms with Crippen LogP contribution < -0.4 is 0 Å². The largest absolute Gasteiger partial charge is 0.460 e. The lowest BCUT2D eigenvalue weighted by molar-refractivity contribution is 0.0182. The van der Waals surface area contributed by atoms with Gasteiger partial charge in [-0.25, -0.2) is 4.79 Å². The number of carbonyl (C=O) groups is 2. The van der Waals surface area contributed by atoms with Crippen LogP contribution in [0.5, 0.6) is 0 Å². The first-order valence-corrected chi connectivity index (χ1v) is 9.72. The van der Waals surface area contributed by atoms with Crippen LogP contribution in [-0.4, -0.2) is 40.3 Å². The summed E-state index contributed by atoms with van der Waals surface area (Å²) in [6.07, 6.45) is 4.79. The summed E-state index contributed by atoms with van der Waals surface area (Å²) in [7, 11) is 0. The molecule has 3 heterocycles. The summed E-state index contributed by atoms with van der Waals surface area (Å²) < 4.78 is 11.4. The highest BCUT2D eigenvalue weighted by molar-refractivity contribution is 8.12. The summed E-state index contributed by atoms with van der Waals surface area (Å²) in [4.78, 5) is 29.3. The molecule has 1 saturated heterocycles. The van der Waals surface area contributed by atoms with Crippen LogP contribution in [0.25, 0.3) is 11.0 Å². The zero-order valence-corrected chi connectivity index (χ0v) is 16.1. The molecular weight excluding hydrogens is 352 g/mol. The number of thioether (sulfide) groups is 1. The average Bonchev–Trinajstić information content (AvgIpc) is 3.02. The Hall–Kier alpha value is -2.02. The van der Waals surface area contributed by atoms with Crippen molar-refractivity contribution in [3.05, 3.63) is 30.3 Å². The normalized spacial score (nSPS) is 17.3. The molecule has 1 fully saturated rings. The van der Waals surface area contributed by atoms with E-state index >= 15 is 0 Å². The summed E-state index contributed by atoms with van der Waals surface area (Å²) in [5.41, 5.74) is 1.15. The first-order chi connectivity index (χ1) is 12.4. The summed E-state index contributed by atoms with van der Waals surface area (Å²) in [5.74, 6) is 1.05. The van der Waals surface area contributed by atoms with Crippen LogP contribution in [0.15, 0.2) is 28.9 Å². The van der Waals surface area contributed by atoms with E-state index in [1.807, 2.05) is 32.9 Å². The maximum Gasteiger partial charge on any atom is 0.410 e. The van der Waals surface area contributed by atoms with Crippen LogP contribution in [0, 0.1) is 5.92 Å². The molecule has 140 valence electrons. The third-order valence-corrected chi connectivity index (χ3v) is 5.46. The molecule has 6 nitrogen and oxygen atoms in total. The number of fused-ring (bicyclic) bond motifs is 1. The van der Waals surface area contributed by atoms with E-state index in [1.165, 1.54) is 11.8 Å². The van der Waals surface area contributed by atoms with Crippen molar-refractivity contribution in [1.82, 2.24) is 9.88 Å². The Morgan fingerprint density at radius 3 is 2.77 bits per heavy atom. The second kappa shape index (κ2) is 7.70. The van der Waals surface area contributed by atoms with E-state index in [9.17, 15) is 9.59 Å². The molecule has 0 aromatic carbocycles. The van der Waals surface area contributed by atoms with E-state index in [0.29, 0.717) is 13.1 Å². The predicted molar refractivity (Wildman–Crippen MR) is 102 cm³/mol. The molecule has 0 N–H and O–H groups in total. The highest BCUT2D eigenvalue weighted by Gasteiger charge is 2.33. The Kier molecular flexibility index (Phi) is 5.55. The molecule has 7 heteroatoms. The number of aromatic nitrogens is 1. The van der Waals surface area contributed by atoms with Gasteiger partial charge in [0.05, 0.1) is 5.25 Å². The van der Waals surface area contributed by atoms with Crippen LogP contribution >= 0.6 is 11.8 Å². The molecule has 26 heavy (non-hydrogen) atoms. The van der Waals surface area contributed by atoms with E-state index in [0.717, 1.165) is 35.2 Å². The van der Waals surface area contributed by atoms with Gasteiger partial charge in [-0.05, 0) is 51.7 Å². The lowest BCUT2D eigenvalue weighted by Gasteiger charge is -2.35. The SMILES string of the molecule is CC(C)(C)OC(=O)N1CCC(C(SC=O)c2cc3cnccc3o2)CC1. The average molecular weight is 376 g/mol. The Labute approximate surface area is 157 Å². The topological polar surface area (TPSA) is 72.6 Å². The second-order valence-electron chi connectivity index (χ2n) is 7.52. The third kappa shape index (κ3) is 4.38. The van der Waals surface area contributed by atoms with Crippen LogP contribution in [0.3, 0.4) is 0 Å². The number of amides is 1. The van der Waals surface area contributed by atoms with Gasteiger partial charge in [0.15, 0.2) is 5.62 Å². The molecule has 0 aliphatic carbocycles. The number of pyridine rings is 1. The van der Waals surface area contributed by atoms with Crippen LogP contribution in [-0.2, 0) is 9.53 Å². The van der Waals surface area contributed by atoms with E-state index in [2.05, 4.69) is 4.98 Å². The van der Waals surface area contributed by atoms with Gasteiger partial charge in [-0.2, -0.15) is 0 Å². The number of carbonyl (C=O) groups excluding carboxylic acids is 2. The van der Waals surface area contributed by atoms with E-state index in [-0.39, 0.29) is 17.3 Å². The number of rotatable bonds is 4. The maximum absolute atomic E-state index is 12.2. The number of ether oxygens (including phenoxy) is 1. The Morgan fingerprint density at radius 2 is 2.15 bits per heavy atom. The minimum atomic E-state index is -0.494. The van der Waals surface area contributed by atoms with Crippen LogP contribution in [0.1, 0.15) is 44.6 Å². The van der Waals surface area contributed by atoms with Crippen LogP contribution in [0.4, 0.5) is 4.79 Å². The van der Waals surface area contributed by atoms with Crippen molar-refractivity contribution in [2.75, 3.05) is 13.1 Å². The fourth-order valence-corrected chi connectivity index (χ4v) is 4.09. The molecule has 0 radical (unpaired) electrons. The quantitative estimate of drug-likeness (QED) is 0.735. The lowest BCUT2D eigenvalue weighted by Crippen LogP contribution is -2.42. The van der Waals surface area contributed by atoms with Gasteiger partial charge in [-0.3, -0.25) is 9.78 Å². The summed E-state index contributed by atoms with van der Waals surface area (Å²) in [6, 6.07) is 3.79. The highest BCUT2D eigenvalue weighted by atomic mass is 32.2. The van der Waals surface area contributed by atoms with Gasteiger partial charge >= 0.3 is 6.09 Å². The molecule has 1 unspecified atom stereocenters. The molecule has 0 bridgehead atoms. The summed E-state index contributed by atoms with van der Waals surface area (Å²) in [5, 5.41) is 0.880. The van der Waals surface area contributed by atoms with Gasteiger partial charge in [-0.1, -0.05) is 11.8 Å².